The number of rotatable bonds is 8. The van der Waals surface area contributed by atoms with Crippen LogP contribution in [0.2, 0.25) is 0 Å². The maximum absolute atomic E-state index is 12.4. The van der Waals surface area contributed by atoms with Crippen molar-refractivity contribution in [3.8, 4) is 5.75 Å². The number of aliphatic hydroxyl groups excluding tert-OH is 1. The summed E-state index contributed by atoms with van der Waals surface area (Å²) < 4.78 is 5.28. The fourth-order valence-electron chi connectivity index (χ4n) is 2.76. The van der Waals surface area contributed by atoms with Crippen LogP contribution >= 0.6 is 0 Å². The number of amides is 1. The second kappa shape index (κ2) is 9.08. The highest BCUT2D eigenvalue weighted by molar-refractivity contribution is 5.94. The van der Waals surface area contributed by atoms with E-state index in [9.17, 15) is 9.90 Å². The van der Waals surface area contributed by atoms with E-state index in [4.69, 9.17) is 4.74 Å². The van der Waals surface area contributed by atoms with Crippen LogP contribution in [-0.2, 0) is 0 Å². The maximum Gasteiger partial charge on any atom is 0.253 e. The second-order valence-corrected chi connectivity index (χ2v) is 5.60. The van der Waals surface area contributed by atoms with Crippen molar-refractivity contribution in [3.63, 3.8) is 0 Å². The van der Waals surface area contributed by atoms with Crippen LogP contribution in [0, 0.1) is 0 Å². The van der Waals surface area contributed by atoms with Gasteiger partial charge in [0.25, 0.3) is 5.91 Å². The Kier molecular flexibility index (Phi) is 6.83. The van der Waals surface area contributed by atoms with Crippen molar-refractivity contribution in [1.82, 2.24) is 4.90 Å². The number of hydrogen-bond donors (Lipinski definition) is 1. The first-order chi connectivity index (χ1) is 12.1. The molecule has 0 aliphatic heterocycles. The van der Waals surface area contributed by atoms with E-state index in [1.807, 2.05) is 67.3 Å². The summed E-state index contributed by atoms with van der Waals surface area (Å²) >= 11 is 0. The standard InChI is InChI=1S/C20H26N2O3/c1-4-21(5-2)20(24)16-9-11-17(12-10-16)22(13-14-23)18-7-6-8-19(15-18)25-3/h6-12,15,23H,4-5,13-14H2,1-3H3. The number of carbonyl (C=O) groups is 1. The molecule has 5 nitrogen and oxygen atoms in total. The average Bonchev–Trinajstić information content (AvgIpc) is 2.67. The molecule has 0 aliphatic carbocycles. The van der Waals surface area contributed by atoms with Crippen molar-refractivity contribution in [2.45, 2.75) is 13.8 Å². The zero-order valence-corrected chi connectivity index (χ0v) is 15.1. The lowest BCUT2D eigenvalue weighted by Gasteiger charge is -2.25. The van der Waals surface area contributed by atoms with Crippen molar-refractivity contribution in [2.24, 2.45) is 0 Å². The molecule has 0 aromatic heterocycles. The molecule has 1 amide bonds. The first kappa shape index (κ1) is 18.8. The molecule has 0 aliphatic rings. The molecule has 0 saturated carbocycles. The molecule has 0 atom stereocenters. The number of benzene rings is 2. The van der Waals surface area contributed by atoms with Crippen molar-refractivity contribution in [3.05, 3.63) is 54.1 Å². The van der Waals surface area contributed by atoms with E-state index in [2.05, 4.69) is 0 Å². The van der Waals surface area contributed by atoms with Crippen LogP contribution in [0.1, 0.15) is 24.2 Å². The van der Waals surface area contributed by atoms with Gasteiger partial charge in [-0.25, -0.2) is 0 Å². The third kappa shape index (κ3) is 4.51. The zero-order chi connectivity index (χ0) is 18.2. The smallest absolute Gasteiger partial charge is 0.253 e. The minimum Gasteiger partial charge on any atom is -0.497 e. The number of carbonyl (C=O) groups excluding carboxylic acids is 1. The van der Waals surface area contributed by atoms with Crippen LogP contribution in [0.3, 0.4) is 0 Å². The van der Waals surface area contributed by atoms with Crippen LogP contribution in [0.5, 0.6) is 5.75 Å². The van der Waals surface area contributed by atoms with E-state index >= 15 is 0 Å². The predicted molar refractivity (Wildman–Crippen MR) is 101 cm³/mol. The van der Waals surface area contributed by atoms with Gasteiger partial charge in [-0.3, -0.25) is 4.79 Å². The molecule has 1 N–H and O–H groups in total. The van der Waals surface area contributed by atoms with Crippen LogP contribution < -0.4 is 9.64 Å². The molecular formula is C20H26N2O3. The Bertz CT molecular complexity index is 682. The third-order valence-electron chi connectivity index (χ3n) is 4.17. The van der Waals surface area contributed by atoms with Gasteiger partial charge < -0.3 is 19.6 Å². The van der Waals surface area contributed by atoms with E-state index in [1.54, 1.807) is 12.0 Å². The molecule has 0 unspecified atom stereocenters. The van der Waals surface area contributed by atoms with Gasteiger partial charge in [-0.1, -0.05) is 6.07 Å². The number of methoxy groups -OCH3 is 1. The van der Waals surface area contributed by atoms with Crippen molar-refractivity contribution in [2.75, 3.05) is 38.3 Å². The molecule has 2 aromatic rings. The van der Waals surface area contributed by atoms with E-state index in [0.717, 1.165) is 17.1 Å². The number of aliphatic hydroxyl groups is 1. The van der Waals surface area contributed by atoms with Gasteiger partial charge in [0.2, 0.25) is 0 Å². The Morgan fingerprint density at radius 3 is 2.28 bits per heavy atom. The van der Waals surface area contributed by atoms with Crippen LogP contribution in [-0.4, -0.2) is 49.3 Å². The first-order valence-corrected chi connectivity index (χ1v) is 8.56. The second-order valence-electron chi connectivity index (χ2n) is 5.60. The van der Waals surface area contributed by atoms with Gasteiger partial charge in [-0.2, -0.15) is 0 Å². The van der Waals surface area contributed by atoms with Gasteiger partial charge in [0, 0.05) is 42.6 Å². The van der Waals surface area contributed by atoms with Crippen molar-refractivity contribution in [1.29, 1.82) is 0 Å². The number of ether oxygens (including phenoxy) is 1. The topological polar surface area (TPSA) is 53.0 Å². The van der Waals surface area contributed by atoms with Crippen LogP contribution in [0.4, 0.5) is 11.4 Å². The summed E-state index contributed by atoms with van der Waals surface area (Å²) in [5.74, 6) is 0.792. The lowest BCUT2D eigenvalue weighted by atomic mass is 10.1. The Morgan fingerprint density at radius 1 is 1.04 bits per heavy atom. The molecule has 2 aromatic carbocycles. The third-order valence-corrected chi connectivity index (χ3v) is 4.17. The monoisotopic (exact) mass is 342 g/mol. The summed E-state index contributed by atoms with van der Waals surface area (Å²) in [5, 5.41) is 9.43. The van der Waals surface area contributed by atoms with E-state index in [1.165, 1.54) is 0 Å². The number of anilines is 2. The van der Waals surface area contributed by atoms with Gasteiger partial charge in [0.05, 0.1) is 13.7 Å². The lowest BCUT2D eigenvalue weighted by Crippen LogP contribution is -2.30. The quantitative estimate of drug-likeness (QED) is 0.800. The summed E-state index contributed by atoms with van der Waals surface area (Å²) in [6.45, 7) is 5.81. The highest BCUT2D eigenvalue weighted by Crippen LogP contribution is 2.28. The zero-order valence-electron chi connectivity index (χ0n) is 15.1. The molecule has 0 heterocycles. The molecule has 0 radical (unpaired) electrons. The number of hydrogen-bond acceptors (Lipinski definition) is 4. The van der Waals surface area contributed by atoms with Gasteiger partial charge in [0.1, 0.15) is 5.75 Å². The molecule has 0 bridgehead atoms. The Labute approximate surface area is 149 Å². The molecule has 134 valence electrons. The molecule has 25 heavy (non-hydrogen) atoms. The largest absolute Gasteiger partial charge is 0.497 e. The SMILES string of the molecule is CCN(CC)C(=O)c1ccc(N(CCO)c2cccc(OC)c2)cc1. The van der Waals surface area contributed by atoms with Crippen molar-refractivity contribution < 1.29 is 14.6 Å². The summed E-state index contributed by atoms with van der Waals surface area (Å²) in [4.78, 5) is 16.2. The first-order valence-electron chi connectivity index (χ1n) is 8.56. The van der Waals surface area contributed by atoms with Crippen molar-refractivity contribution >= 4 is 17.3 Å². The fraction of sp³-hybridized carbons (Fsp3) is 0.350. The van der Waals surface area contributed by atoms with E-state index in [-0.39, 0.29) is 12.5 Å². The van der Waals surface area contributed by atoms with Gasteiger partial charge >= 0.3 is 0 Å². The Balaban J connectivity index is 2.28. The maximum atomic E-state index is 12.4. The highest BCUT2D eigenvalue weighted by Gasteiger charge is 2.14. The average molecular weight is 342 g/mol. The van der Waals surface area contributed by atoms with Crippen LogP contribution in [0.15, 0.2) is 48.5 Å². The summed E-state index contributed by atoms with van der Waals surface area (Å²) in [6.07, 6.45) is 0. The summed E-state index contributed by atoms with van der Waals surface area (Å²) in [5.41, 5.74) is 2.51. The summed E-state index contributed by atoms with van der Waals surface area (Å²) in [6, 6.07) is 15.2. The minimum absolute atomic E-state index is 0.0251. The molecule has 5 heteroatoms. The summed E-state index contributed by atoms with van der Waals surface area (Å²) in [7, 11) is 1.63. The number of nitrogens with zero attached hydrogens (tertiary/aromatic N) is 2. The molecule has 2 rings (SSSR count). The highest BCUT2D eigenvalue weighted by atomic mass is 16.5. The fourth-order valence-corrected chi connectivity index (χ4v) is 2.76. The van der Waals surface area contributed by atoms with Crippen LogP contribution in [0.25, 0.3) is 0 Å². The molecular weight excluding hydrogens is 316 g/mol. The Morgan fingerprint density at radius 2 is 1.72 bits per heavy atom. The minimum atomic E-state index is 0.0251. The predicted octanol–water partition coefficient (Wildman–Crippen LogP) is 3.31. The molecule has 0 saturated heterocycles. The lowest BCUT2D eigenvalue weighted by molar-refractivity contribution is 0.0773. The van der Waals surface area contributed by atoms with E-state index < -0.39 is 0 Å². The van der Waals surface area contributed by atoms with Gasteiger partial charge in [-0.05, 0) is 50.2 Å². The van der Waals surface area contributed by atoms with Gasteiger partial charge in [0.15, 0.2) is 0 Å². The Hall–Kier alpha value is -2.53. The van der Waals surface area contributed by atoms with Gasteiger partial charge in [-0.15, -0.1) is 0 Å². The molecule has 0 fully saturated rings. The van der Waals surface area contributed by atoms with E-state index in [0.29, 0.717) is 25.2 Å². The normalized spacial score (nSPS) is 10.4. The molecule has 0 spiro atoms.